The zero-order valence-electron chi connectivity index (χ0n) is 12.3. The van der Waals surface area contributed by atoms with Crippen LogP contribution in [0.25, 0.3) is 0 Å². The molecule has 0 radical (unpaired) electrons. The first kappa shape index (κ1) is 14.0. The number of hydrogen-bond donors (Lipinski definition) is 2. The van der Waals surface area contributed by atoms with Gasteiger partial charge in [0, 0.05) is 11.6 Å². The number of carbonyl (C=O) groups excluding carboxylic acids is 2. The molecule has 0 unspecified atom stereocenters. The van der Waals surface area contributed by atoms with Crippen molar-refractivity contribution in [1.82, 2.24) is 5.01 Å². The van der Waals surface area contributed by atoms with E-state index in [1.807, 2.05) is 0 Å². The number of nitrogens with zero attached hydrogens (tertiary/aromatic N) is 2. The maximum atomic E-state index is 12.6. The molecule has 23 heavy (non-hydrogen) atoms. The van der Waals surface area contributed by atoms with Crippen LogP contribution in [-0.2, 0) is 9.59 Å². The Morgan fingerprint density at radius 2 is 1.65 bits per heavy atom. The third-order valence-electron chi connectivity index (χ3n) is 5.06. The van der Waals surface area contributed by atoms with Crippen molar-refractivity contribution in [2.24, 2.45) is 28.8 Å². The van der Waals surface area contributed by atoms with Crippen molar-refractivity contribution < 1.29 is 19.8 Å². The molecule has 2 bridgehead atoms. The number of fused-ring (bicyclic) bond motifs is 1. The second kappa shape index (κ2) is 4.94. The Morgan fingerprint density at radius 3 is 2.17 bits per heavy atom. The summed E-state index contributed by atoms with van der Waals surface area (Å²) in [5.41, 5.74) is 0.333. The van der Waals surface area contributed by atoms with Crippen LogP contribution in [0.3, 0.4) is 0 Å². The number of phenolic OH excluding ortho intramolecular Hbond substituents is 2. The van der Waals surface area contributed by atoms with Crippen LogP contribution in [0.15, 0.2) is 35.5 Å². The fourth-order valence-electron chi connectivity index (χ4n) is 3.93. The van der Waals surface area contributed by atoms with Gasteiger partial charge in [-0.15, -0.1) is 0 Å². The normalized spacial score (nSPS) is 32.1. The fraction of sp³-hybridized carbons (Fsp3) is 0.353. The number of benzene rings is 1. The van der Waals surface area contributed by atoms with Gasteiger partial charge in [0.25, 0.3) is 11.8 Å². The van der Waals surface area contributed by atoms with Gasteiger partial charge in [0.15, 0.2) is 0 Å². The van der Waals surface area contributed by atoms with Gasteiger partial charge in [0.1, 0.15) is 11.5 Å². The number of imide groups is 1. The van der Waals surface area contributed by atoms with E-state index >= 15 is 0 Å². The van der Waals surface area contributed by atoms with Gasteiger partial charge in [-0.2, -0.15) is 10.1 Å². The lowest BCUT2D eigenvalue weighted by molar-refractivity contribution is -0.140. The molecule has 5 rings (SSSR count). The predicted octanol–water partition coefficient (Wildman–Crippen LogP) is 1.63. The number of amides is 2. The Bertz CT molecular complexity index is 723. The Hall–Kier alpha value is -2.63. The van der Waals surface area contributed by atoms with E-state index in [1.165, 1.54) is 24.4 Å². The lowest BCUT2D eigenvalue weighted by atomic mass is 9.63. The molecule has 1 aromatic carbocycles. The van der Waals surface area contributed by atoms with Crippen LogP contribution < -0.4 is 0 Å². The highest BCUT2D eigenvalue weighted by molar-refractivity contribution is 6.06. The average molecular weight is 312 g/mol. The van der Waals surface area contributed by atoms with Gasteiger partial charge < -0.3 is 10.2 Å². The highest BCUT2D eigenvalue weighted by atomic mass is 16.3. The van der Waals surface area contributed by atoms with E-state index in [-0.39, 0.29) is 47.0 Å². The molecular formula is C17H16N2O4. The first-order chi connectivity index (χ1) is 11.1. The molecule has 1 saturated heterocycles. The second-order valence-electron chi connectivity index (χ2n) is 6.32. The number of phenols is 2. The average Bonchev–Trinajstić information content (AvgIpc) is 2.82. The van der Waals surface area contributed by atoms with Gasteiger partial charge in [0.05, 0.1) is 18.1 Å². The highest BCUT2D eigenvalue weighted by Crippen LogP contribution is 2.49. The van der Waals surface area contributed by atoms with Gasteiger partial charge in [-0.1, -0.05) is 12.2 Å². The van der Waals surface area contributed by atoms with E-state index in [1.54, 1.807) is 0 Å². The van der Waals surface area contributed by atoms with E-state index < -0.39 is 0 Å². The van der Waals surface area contributed by atoms with Crippen LogP contribution in [0, 0.1) is 23.7 Å². The molecule has 0 aromatic heterocycles. The van der Waals surface area contributed by atoms with Crippen LogP contribution in [0.1, 0.15) is 18.4 Å². The molecule has 6 heteroatoms. The lowest BCUT2D eigenvalue weighted by Crippen LogP contribution is -2.38. The molecule has 1 aromatic rings. The van der Waals surface area contributed by atoms with Gasteiger partial charge in [-0.05, 0) is 36.8 Å². The largest absolute Gasteiger partial charge is 0.508 e. The summed E-state index contributed by atoms with van der Waals surface area (Å²) in [5, 5.41) is 24.0. The Balaban J connectivity index is 1.62. The first-order valence-electron chi connectivity index (χ1n) is 7.68. The topological polar surface area (TPSA) is 90.2 Å². The highest BCUT2D eigenvalue weighted by Gasteiger charge is 2.56. The summed E-state index contributed by atoms with van der Waals surface area (Å²) in [6.07, 6.45) is 7.27. The van der Waals surface area contributed by atoms with E-state index in [0.717, 1.165) is 17.9 Å². The SMILES string of the molecule is O=C1[C@@H]2[C@@H](C(=O)N1/N=C\c1ccc(O)cc1O)[C@@H]1C=C[C@@H]2CC1. The summed E-state index contributed by atoms with van der Waals surface area (Å²) in [4.78, 5) is 25.1. The van der Waals surface area contributed by atoms with Crippen molar-refractivity contribution in [2.45, 2.75) is 12.8 Å². The Labute approximate surface area is 132 Å². The maximum Gasteiger partial charge on any atom is 0.254 e. The van der Waals surface area contributed by atoms with E-state index in [0.29, 0.717) is 5.56 Å². The summed E-state index contributed by atoms with van der Waals surface area (Å²) < 4.78 is 0. The molecular weight excluding hydrogens is 296 g/mol. The summed E-state index contributed by atoms with van der Waals surface area (Å²) in [5.74, 6) is -1.07. The van der Waals surface area contributed by atoms with E-state index in [2.05, 4.69) is 17.3 Å². The summed E-state index contributed by atoms with van der Waals surface area (Å²) in [7, 11) is 0. The van der Waals surface area contributed by atoms with Gasteiger partial charge in [-0.25, -0.2) is 0 Å². The zero-order chi connectivity index (χ0) is 16.1. The van der Waals surface area contributed by atoms with Gasteiger partial charge >= 0.3 is 0 Å². The zero-order valence-corrected chi connectivity index (χ0v) is 12.3. The quantitative estimate of drug-likeness (QED) is 0.493. The Kier molecular flexibility index (Phi) is 3.01. The van der Waals surface area contributed by atoms with E-state index in [4.69, 9.17) is 0 Å². The van der Waals surface area contributed by atoms with Crippen LogP contribution >= 0.6 is 0 Å². The van der Waals surface area contributed by atoms with Crippen molar-refractivity contribution in [2.75, 3.05) is 0 Å². The molecule has 1 aliphatic heterocycles. The van der Waals surface area contributed by atoms with Crippen LogP contribution in [0.4, 0.5) is 0 Å². The molecule has 4 atom stereocenters. The first-order valence-corrected chi connectivity index (χ1v) is 7.68. The van der Waals surface area contributed by atoms with Crippen molar-refractivity contribution in [3.8, 4) is 11.5 Å². The molecule has 2 fully saturated rings. The summed E-state index contributed by atoms with van der Waals surface area (Å²) in [6.45, 7) is 0. The Morgan fingerprint density at radius 1 is 1.04 bits per heavy atom. The minimum Gasteiger partial charge on any atom is -0.508 e. The number of aromatic hydroxyl groups is 2. The number of carbonyl (C=O) groups is 2. The molecule has 6 nitrogen and oxygen atoms in total. The molecule has 2 amide bonds. The smallest absolute Gasteiger partial charge is 0.254 e. The van der Waals surface area contributed by atoms with Crippen LogP contribution in [0.5, 0.6) is 11.5 Å². The fourth-order valence-corrected chi connectivity index (χ4v) is 3.93. The maximum absolute atomic E-state index is 12.6. The third kappa shape index (κ3) is 2.05. The van der Waals surface area contributed by atoms with Crippen molar-refractivity contribution in [1.29, 1.82) is 0 Å². The molecule has 2 N–H and O–H groups in total. The van der Waals surface area contributed by atoms with Crippen molar-refractivity contribution in [3.63, 3.8) is 0 Å². The minimum atomic E-state index is -0.295. The van der Waals surface area contributed by atoms with Gasteiger partial charge in [0.2, 0.25) is 0 Å². The number of rotatable bonds is 2. The predicted molar refractivity (Wildman–Crippen MR) is 81.6 cm³/mol. The summed E-state index contributed by atoms with van der Waals surface area (Å²) >= 11 is 0. The number of hydrogen-bond acceptors (Lipinski definition) is 5. The lowest BCUT2D eigenvalue weighted by Gasteiger charge is -2.37. The molecule has 118 valence electrons. The molecule has 0 spiro atoms. The van der Waals surface area contributed by atoms with Crippen LogP contribution in [0.2, 0.25) is 0 Å². The standard InChI is InChI=1S/C17H16N2O4/c20-12-6-5-11(13(21)7-12)8-18-19-16(22)14-9-1-2-10(4-3-9)15(14)17(19)23/h1-2,5-10,14-15,20-21H,3-4H2/b18-8-/t9-,10-,14+,15+/m1/s1. The molecule has 4 aliphatic rings. The number of allylic oxidation sites excluding steroid dienone is 2. The monoisotopic (exact) mass is 312 g/mol. The van der Waals surface area contributed by atoms with E-state index in [9.17, 15) is 19.8 Å². The minimum absolute atomic E-state index is 0.0679. The van der Waals surface area contributed by atoms with Gasteiger partial charge in [-0.3, -0.25) is 9.59 Å². The molecule has 1 saturated carbocycles. The summed E-state index contributed by atoms with van der Waals surface area (Å²) in [6, 6.07) is 4.05. The van der Waals surface area contributed by atoms with Crippen molar-refractivity contribution >= 4 is 18.0 Å². The molecule has 1 heterocycles. The van der Waals surface area contributed by atoms with Crippen molar-refractivity contribution in [3.05, 3.63) is 35.9 Å². The second-order valence-corrected chi connectivity index (χ2v) is 6.32. The van der Waals surface area contributed by atoms with Crippen LogP contribution in [-0.4, -0.2) is 33.3 Å². The third-order valence-corrected chi connectivity index (χ3v) is 5.06. The molecule has 3 aliphatic carbocycles. The number of hydrazone groups is 1.